The number of aliphatic hydroxyl groups is 1. The maximum atomic E-state index is 12.3. The average molecular weight is 942 g/mol. The van der Waals surface area contributed by atoms with Crippen molar-refractivity contribution in [3.05, 3.63) is 122 Å². The average Bonchev–Trinajstić information content (AvgIpc) is 3.34. The highest BCUT2D eigenvalue weighted by Gasteiger charge is 2.16. The van der Waals surface area contributed by atoms with Crippen LogP contribution in [0, 0.1) is 0 Å². The van der Waals surface area contributed by atoms with Crippen molar-refractivity contribution >= 4 is 11.9 Å². The molecule has 0 spiro atoms. The van der Waals surface area contributed by atoms with Gasteiger partial charge in [0.15, 0.2) is 6.10 Å². The molecule has 0 bridgehead atoms. The van der Waals surface area contributed by atoms with Crippen LogP contribution < -0.4 is 0 Å². The Hall–Kier alpha value is -3.70. The Balaban J connectivity index is 3.59. The summed E-state index contributed by atoms with van der Waals surface area (Å²) in [6, 6.07) is 0. The predicted molar refractivity (Wildman–Crippen MR) is 297 cm³/mol. The molecule has 0 aromatic heterocycles. The molecular formula is C63H104O5. The van der Waals surface area contributed by atoms with E-state index in [1.54, 1.807) is 0 Å². The summed E-state index contributed by atoms with van der Waals surface area (Å²) < 4.78 is 10.7. The number of ether oxygens (including phenoxy) is 2. The highest BCUT2D eigenvalue weighted by molar-refractivity contribution is 5.70. The summed E-state index contributed by atoms with van der Waals surface area (Å²) in [5.41, 5.74) is 0. The van der Waals surface area contributed by atoms with E-state index in [1.165, 1.54) is 116 Å². The third kappa shape index (κ3) is 54.9. The van der Waals surface area contributed by atoms with Gasteiger partial charge in [0.25, 0.3) is 0 Å². The van der Waals surface area contributed by atoms with E-state index in [0.29, 0.717) is 12.8 Å². The second kappa shape index (κ2) is 57.6. The summed E-state index contributed by atoms with van der Waals surface area (Å²) in [6.07, 6.45) is 84.4. The van der Waals surface area contributed by atoms with Crippen molar-refractivity contribution in [3.8, 4) is 0 Å². The molecule has 0 aliphatic carbocycles. The second-order valence-corrected chi connectivity index (χ2v) is 18.3. The Morgan fingerprint density at radius 3 is 0.956 bits per heavy atom. The molecule has 0 saturated carbocycles. The van der Waals surface area contributed by atoms with Crippen LogP contribution >= 0.6 is 0 Å². The van der Waals surface area contributed by atoms with Gasteiger partial charge in [-0.25, -0.2) is 0 Å². The molecule has 0 heterocycles. The molecule has 5 heteroatoms. The molecule has 0 rings (SSSR count). The van der Waals surface area contributed by atoms with Crippen LogP contribution in [0.1, 0.15) is 245 Å². The molecule has 5 nitrogen and oxygen atoms in total. The molecular weight excluding hydrogens is 837 g/mol. The molecule has 0 aromatic rings. The molecule has 1 atom stereocenters. The van der Waals surface area contributed by atoms with Crippen LogP contribution in [0.25, 0.3) is 0 Å². The van der Waals surface area contributed by atoms with Gasteiger partial charge < -0.3 is 14.6 Å². The van der Waals surface area contributed by atoms with Gasteiger partial charge in [0.1, 0.15) is 6.61 Å². The lowest BCUT2D eigenvalue weighted by molar-refractivity contribution is -0.161. The number of hydrogen-bond donors (Lipinski definition) is 1. The zero-order chi connectivity index (χ0) is 49.2. The summed E-state index contributed by atoms with van der Waals surface area (Å²) in [4.78, 5) is 24.5. The summed E-state index contributed by atoms with van der Waals surface area (Å²) in [6.45, 7) is 4.01. The van der Waals surface area contributed by atoms with E-state index in [1.807, 2.05) is 0 Å². The third-order valence-electron chi connectivity index (χ3n) is 11.7. The first-order chi connectivity index (χ1) is 33.6. The van der Waals surface area contributed by atoms with E-state index in [9.17, 15) is 14.7 Å². The fraction of sp³-hybridized carbons (Fsp3) is 0.651. The van der Waals surface area contributed by atoms with Crippen LogP contribution in [0.2, 0.25) is 0 Å². The van der Waals surface area contributed by atoms with E-state index >= 15 is 0 Å². The highest BCUT2D eigenvalue weighted by atomic mass is 16.6. The molecule has 0 radical (unpaired) electrons. The van der Waals surface area contributed by atoms with Gasteiger partial charge in [-0.05, 0) is 109 Å². The molecule has 0 aliphatic heterocycles. The molecule has 1 unspecified atom stereocenters. The van der Waals surface area contributed by atoms with Crippen LogP contribution in [-0.4, -0.2) is 36.4 Å². The number of allylic oxidation sites excluding steroid dienone is 20. The summed E-state index contributed by atoms with van der Waals surface area (Å²) >= 11 is 0. The van der Waals surface area contributed by atoms with Crippen molar-refractivity contribution < 1.29 is 24.2 Å². The Labute approximate surface area is 420 Å². The van der Waals surface area contributed by atoms with Gasteiger partial charge in [-0.15, -0.1) is 0 Å². The molecule has 0 fully saturated rings. The quantitative estimate of drug-likeness (QED) is 0.0374. The van der Waals surface area contributed by atoms with Crippen molar-refractivity contribution in [2.45, 2.75) is 251 Å². The van der Waals surface area contributed by atoms with Gasteiger partial charge in [-0.3, -0.25) is 9.59 Å². The first kappa shape index (κ1) is 64.3. The third-order valence-corrected chi connectivity index (χ3v) is 11.7. The van der Waals surface area contributed by atoms with E-state index < -0.39 is 6.10 Å². The van der Waals surface area contributed by atoms with Crippen molar-refractivity contribution in [1.29, 1.82) is 0 Å². The monoisotopic (exact) mass is 941 g/mol. The van der Waals surface area contributed by atoms with Gasteiger partial charge in [0.05, 0.1) is 6.61 Å². The fourth-order valence-corrected chi connectivity index (χ4v) is 7.54. The molecule has 0 amide bonds. The minimum absolute atomic E-state index is 0.0776. The lowest BCUT2D eigenvalue weighted by atomic mass is 10.1. The zero-order valence-electron chi connectivity index (χ0n) is 44.1. The molecule has 0 aromatic carbocycles. The van der Waals surface area contributed by atoms with Gasteiger partial charge >= 0.3 is 11.9 Å². The van der Waals surface area contributed by atoms with Crippen LogP contribution in [-0.2, 0) is 19.1 Å². The van der Waals surface area contributed by atoms with Gasteiger partial charge in [-0.2, -0.15) is 0 Å². The Kier molecular flexibility index (Phi) is 54.5. The maximum absolute atomic E-state index is 12.3. The van der Waals surface area contributed by atoms with Gasteiger partial charge in [0.2, 0.25) is 0 Å². The number of carbonyl (C=O) groups is 2. The van der Waals surface area contributed by atoms with Crippen LogP contribution in [0.3, 0.4) is 0 Å². The fourth-order valence-electron chi connectivity index (χ4n) is 7.54. The van der Waals surface area contributed by atoms with Crippen molar-refractivity contribution in [1.82, 2.24) is 0 Å². The van der Waals surface area contributed by atoms with Crippen LogP contribution in [0.15, 0.2) is 122 Å². The second-order valence-electron chi connectivity index (χ2n) is 18.3. The van der Waals surface area contributed by atoms with Crippen LogP contribution in [0.5, 0.6) is 0 Å². The minimum atomic E-state index is -0.787. The molecule has 0 aliphatic rings. The number of carbonyl (C=O) groups excluding carboxylic acids is 2. The first-order valence-corrected chi connectivity index (χ1v) is 28.1. The Bertz CT molecular complexity index is 1390. The topological polar surface area (TPSA) is 72.8 Å². The van der Waals surface area contributed by atoms with E-state index in [4.69, 9.17) is 9.47 Å². The maximum Gasteiger partial charge on any atom is 0.306 e. The lowest BCUT2D eigenvalue weighted by Crippen LogP contribution is -2.28. The molecule has 0 saturated heterocycles. The standard InChI is InChI=1S/C63H104O5/c1-3-5-7-9-11-13-15-17-19-21-23-25-26-27-28-29-30-31-32-33-34-35-36-38-40-42-44-46-48-50-52-54-56-58-63(66)68-61(59-64)60-67-62(65)57-55-53-51-49-47-45-43-41-39-37-24-22-20-18-16-14-12-10-8-6-4-2/h5,7,11,13,16-19,22-25,27-28,30-31,33-34,36,38,61,64H,3-4,6,8-10,12,14-15,20-21,26,29,32,35,37,39-60H2,1-2H3/b7-5-,13-11-,18-16-,19-17-,24-22-,25-23-,28-27-,31-30-,34-33-,38-36-. The van der Waals surface area contributed by atoms with Gasteiger partial charge in [0, 0.05) is 12.8 Å². The van der Waals surface area contributed by atoms with Crippen LogP contribution in [0.4, 0.5) is 0 Å². The van der Waals surface area contributed by atoms with Crippen molar-refractivity contribution in [2.75, 3.05) is 13.2 Å². The van der Waals surface area contributed by atoms with E-state index in [-0.39, 0.29) is 25.2 Å². The Morgan fingerprint density at radius 1 is 0.353 bits per heavy atom. The SMILES string of the molecule is CC/C=C\C/C=C\C/C=C\C/C=C\C/C=C\C/C=C\C/C=C\C/C=C\CCCCCCCCCCC(=O)OC(CO)COC(=O)CCCCCCCCCCC/C=C\C/C=C\CCCCCCC. The highest BCUT2D eigenvalue weighted by Crippen LogP contribution is 2.14. The number of rotatable bonds is 50. The molecule has 68 heavy (non-hydrogen) atoms. The molecule has 386 valence electrons. The Morgan fingerprint density at radius 2 is 0.632 bits per heavy atom. The van der Waals surface area contributed by atoms with E-state index in [2.05, 4.69) is 135 Å². The summed E-state index contributed by atoms with van der Waals surface area (Å²) in [5, 5.41) is 9.65. The van der Waals surface area contributed by atoms with E-state index in [0.717, 1.165) is 103 Å². The smallest absolute Gasteiger partial charge is 0.306 e. The number of unbranched alkanes of at least 4 members (excludes halogenated alkanes) is 22. The number of aliphatic hydroxyl groups excluding tert-OH is 1. The summed E-state index contributed by atoms with van der Waals surface area (Å²) in [7, 11) is 0. The minimum Gasteiger partial charge on any atom is -0.462 e. The lowest BCUT2D eigenvalue weighted by Gasteiger charge is -2.15. The summed E-state index contributed by atoms with van der Waals surface area (Å²) in [5.74, 6) is -0.609. The first-order valence-electron chi connectivity index (χ1n) is 28.1. The zero-order valence-corrected chi connectivity index (χ0v) is 44.1. The van der Waals surface area contributed by atoms with Crippen molar-refractivity contribution in [3.63, 3.8) is 0 Å². The predicted octanol–water partition coefficient (Wildman–Crippen LogP) is 19.1. The number of hydrogen-bond acceptors (Lipinski definition) is 5. The normalized spacial score (nSPS) is 13.2. The number of esters is 2. The van der Waals surface area contributed by atoms with Gasteiger partial charge in [-0.1, -0.05) is 245 Å². The largest absolute Gasteiger partial charge is 0.462 e. The van der Waals surface area contributed by atoms with Crippen molar-refractivity contribution in [2.24, 2.45) is 0 Å². The molecule has 1 N–H and O–H groups in total.